The van der Waals surface area contributed by atoms with Gasteiger partial charge in [-0.3, -0.25) is 4.79 Å². The van der Waals surface area contributed by atoms with Gasteiger partial charge in [-0.1, -0.05) is 18.6 Å². The minimum atomic E-state index is -0.899. The van der Waals surface area contributed by atoms with Gasteiger partial charge in [-0.05, 0) is 36.5 Å². The van der Waals surface area contributed by atoms with Gasteiger partial charge in [0.15, 0.2) is 0 Å². The van der Waals surface area contributed by atoms with E-state index in [1.54, 1.807) is 12.1 Å². The van der Waals surface area contributed by atoms with Gasteiger partial charge in [-0.2, -0.15) is 0 Å². The maximum absolute atomic E-state index is 12.7. The highest BCUT2D eigenvalue weighted by molar-refractivity contribution is 5.90. The molecule has 0 radical (unpaired) electrons. The van der Waals surface area contributed by atoms with Crippen LogP contribution in [0.3, 0.4) is 0 Å². The lowest BCUT2D eigenvalue weighted by Crippen LogP contribution is -2.53. The molecule has 2 aliphatic rings. The molecule has 1 aromatic carbocycles. The van der Waals surface area contributed by atoms with Crippen LogP contribution < -0.4 is 5.73 Å². The molecule has 1 saturated carbocycles. The van der Waals surface area contributed by atoms with Crippen molar-refractivity contribution in [3.05, 3.63) is 34.9 Å². The summed E-state index contributed by atoms with van der Waals surface area (Å²) in [5, 5.41) is 9.23. The van der Waals surface area contributed by atoms with Crippen molar-refractivity contribution in [2.45, 2.75) is 32.2 Å². The summed E-state index contributed by atoms with van der Waals surface area (Å²) >= 11 is 0. The number of hydrogen-bond acceptors (Lipinski definition) is 3. The number of hydrogen-bond donors (Lipinski definition) is 2. The predicted octanol–water partition coefficient (Wildman–Crippen LogP) is 1.40. The summed E-state index contributed by atoms with van der Waals surface area (Å²) in [6.45, 7) is 1.49. The van der Waals surface area contributed by atoms with Crippen LogP contribution in [0.5, 0.6) is 0 Å². The van der Waals surface area contributed by atoms with Crippen LogP contribution >= 0.6 is 0 Å². The van der Waals surface area contributed by atoms with E-state index in [0.717, 1.165) is 30.4 Å². The summed E-state index contributed by atoms with van der Waals surface area (Å²) in [5.41, 5.74) is 7.62. The van der Waals surface area contributed by atoms with Gasteiger partial charge in [0, 0.05) is 19.6 Å². The van der Waals surface area contributed by atoms with E-state index in [4.69, 9.17) is 5.73 Å². The van der Waals surface area contributed by atoms with E-state index in [-0.39, 0.29) is 11.3 Å². The number of carbonyl (C=O) groups is 2. The molecule has 1 amide bonds. The van der Waals surface area contributed by atoms with E-state index in [2.05, 4.69) is 0 Å². The molecule has 5 heteroatoms. The van der Waals surface area contributed by atoms with Gasteiger partial charge in [0.2, 0.25) is 5.91 Å². The lowest BCUT2D eigenvalue weighted by Gasteiger charge is -2.44. The normalized spacial score (nSPS) is 19.6. The first-order valence-corrected chi connectivity index (χ1v) is 7.41. The molecule has 3 N–H and O–H groups in total. The lowest BCUT2D eigenvalue weighted by molar-refractivity contribution is -0.147. The molecule has 0 bridgehead atoms. The second-order valence-corrected chi connectivity index (χ2v) is 6.06. The summed E-state index contributed by atoms with van der Waals surface area (Å²) in [6.07, 6.45) is 3.42. The van der Waals surface area contributed by atoms with Gasteiger partial charge < -0.3 is 15.7 Å². The van der Waals surface area contributed by atoms with E-state index in [9.17, 15) is 14.7 Å². The number of carboxylic acids is 1. The first-order chi connectivity index (χ1) is 10.1. The Kier molecular flexibility index (Phi) is 3.45. The van der Waals surface area contributed by atoms with Crippen LogP contribution in [-0.4, -0.2) is 35.0 Å². The summed E-state index contributed by atoms with van der Waals surface area (Å²) in [4.78, 5) is 25.8. The van der Waals surface area contributed by atoms with Crippen molar-refractivity contribution in [3.63, 3.8) is 0 Å². The molecule has 3 rings (SSSR count). The number of aromatic carboxylic acids is 1. The maximum atomic E-state index is 12.7. The highest BCUT2D eigenvalue weighted by Crippen LogP contribution is 2.42. The van der Waals surface area contributed by atoms with Crippen molar-refractivity contribution in [1.29, 1.82) is 0 Å². The number of benzene rings is 1. The Morgan fingerprint density at radius 2 is 2.10 bits per heavy atom. The third kappa shape index (κ3) is 2.21. The third-order valence-corrected chi connectivity index (χ3v) is 4.94. The summed E-state index contributed by atoms with van der Waals surface area (Å²) in [6, 6.07) is 5.29. The molecule has 5 nitrogen and oxygen atoms in total. The van der Waals surface area contributed by atoms with E-state index in [1.165, 1.54) is 0 Å². The quantitative estimate of drug-likeness (QED) is 0.880. The van der Waals surface area contributed by atoms with Crippen LogP contribution in [0.25, 0.3) is 0 Å². The number of nitrogens with zero attached hydrogens (tertiary/aromatic N) is 1. The fourth-order valence-corrected chi connectivity index (χ4v) is 3.43. The molecule has 1 fully saturated rings. The molecule has 1 aromatic rings. The summed E-state index contributed by atoms with van der Waals surface area (Å²) in [7, 11) is 0. The van der Waals surface area contributed by atoms with Crippen LogP contribution in [0.2, 0.25) is 0 Å². The van der Waals surface area contributed by atoms with Crippen molar-refractivity contribution in [2.75, 3.05) is 13.1 Å². The van der Waals surface area contributed by atoms with E-state index < -0.39 is 5.97 Å². The summed E-state index contributed by atoms with van der Waals surface area (Å²) < 4.78 is 0. The minimum absolute atomic E-state index is 0.141. The van der Waals surface area contributed by atoms with Crippen molar-refractivity contribution in [2.24, 2.45) is 11.1 Å². The van der Waals surface area contributed by atoms with E-state index in [0.29, 0.717) is 31.6 Å². The van der Waals surface area contributed by atoms with Crippen LogP contribution in [0, 0.1) is 5.41 Å². The molecule has 0 spiro atoms. The standard InChI is InChI=1S/C16H20N2O3/c17-10-16(6-2-7-16)15(21)18-8-5-12-11(9-18)3-1-4-13(12)14(19)20/h1,3-4H,2,5-10,17H2,(H,19,20). The van der Waals surface area contributed by atoms with Gasteiger partial charge in [0.05, 0.1) is 11.0 Å². The number of fused-ring (bicyclic) bond motifs is 1. The summed E-state index contributed by atoms with van der Waals surface area (Å²) in [5.74, 6) is -0.758. The van der Waals surface area contributed by atoms with E-state index in [1.807, 2.05) is 11.0 Å². The number of carbonyl (C=O) groups excluding carboxylic acids is 1. The fraction of sp³-hybridized carbons (Fsp3) is 0.500. The second kappa shape index (κ2) is 5.15. The first-order valence-electron chi connectivity index (χ1n) is 7.41. The Morgan fingerprint density at radius 3 is 2.67 bits per heavy atom. The molecule has 1 heterocycles. The minimum Gasteiger partial charge on any atom is -0.478 e. The zero-order chi connectivity index (χ0) is 15.0. The molecule has 0 aromatic heterocycles. The zero-order valence-corrected chi connectivity index (χ0v) is 12.0. The van der Waals surface area contributed by atoms with E-state index >= 15 is 0 Å². The lowest BCUT2D eigenvalue weighted by atomic mass is 9.67. The highest BCUT2D eigenvalue weighted by atomic mass is 16.4. The largest absolute Gasteiger partial charge is 0.478 e. The topological polar surface area (TPSA) is 83.6 Å². The van der Waals surface area contributed by atoms with Crippen molar-refractivity contribution in [3.8, 4) is 0 Å². The van der Waals surface area contributed by atoms with Crippen LogP contribution in [0.1, 0.15) is 40.7 Å². The SMILES string of the molecule is NCC1(C(=O)N2CCc3c(cccc3C(=O)O)C2)CCC1. The Hall–Kier alpha value is -1.88. The Bertz CT molecular complexity index is 588. The van der Waals surface area contributed by atoms with Crippen molar-refractivity contribution >= 4 is 11.9 Å². The Balaban J connectivity index is 1.84. The average Bonchev–Trinajstić information content (AvgIpc) is 2.45. The zero-order valence-electron chi connectivity index (χ0n) is 12.0. The number of carboxylic acid groups (broad SMARTS) is 1. The molecule has 0 unspecified atom stereocenters. The Labute approximate surface area is 123 Å². The van der Waals surface area contributed by atoms with Crippen LogP contribution in [0.4, 0.5) is 0 Å². The molecule has 1 aliphatic heterocycles. The van der Waals surface area contributed by atoms with Gasteiger partial charge >= 0.3 is 5.97 Å². The smallest absolute Gasteiger partial charge is 0.335 e. The molecule has 1 aliphatic carbocycles. The first kappa shape index (κ1) is 14.1. The molecular weight excluding hydrogens is 268 g/mol. The van der Waals surface area contributed by atoms with Crippen molar-refractivity contribution in [1.82, 2.24) is 4.90 Å². The number of nitrogens with two attached hydrogens (primary N) is 1. The third-order valence-electron chi connectivity index (χ3n) is 4.94. The van der Waals surface area contributed by atoms with Crippen molar-refractivity contribution < 1.29 is 14.7 Å². The molecule has 112 valence electrons. The molecule has 21 heavy (non-hydrogen) atoms. The monoisotopic (exact) mass is 288 g/mol. The number of rotatable bonds is 3. The molecular formula is C16H20N2O3. The highest BCUT2D eigenvalue weighted by Gasteiger charge is 2.45. The van der Waals surface area contributed by atoms with Gasteiger partial charge in [0.25, 0.3) is 0 Å². The predicted molar refractivity (Wildman–Crippen MR) is 77.9 cm³/mol. The van der Waals surface area contributed by atoms with Gasteiger partial charge in [-0.25, -0.2) is 4.79 Å². The average molecular weight is 288 g/mol. The van der Waals surface area contributed by atoms with Gasteiger partial charge in [-0.15, -0.1) is 0 Å². The maximum Gasteiger partial charge on any atom is 0.335 e. The second-order valence-electron chi connectivity index (χ2n) is 6.06. The molecule has 0 saturated heterocycles. The molecule has 0 atom stereocenters. The fourth-order valence-electron chi connectivity index (χ4n) is 3.43. The number of amides is 1. The van der Waals surface area contributed by atoms with Crippen LogP contribution in [-0.2, 0) is 17.8 Å². The van der Waals surface area contributed by atoms with Gasteiger partial charge in [0.1, 0.15) is 0 Å². The van der Waals surface area contributed by atoms with Crippen LogP contribution in [0.15, 0.2) is 18.2 Å². The Morgan fingerprint density at radius 1 is 1.33 bits per heavy atom.